The van der Waals surface area contributed by atoms with Crippen LogP contribution < -0.4 is 5.32 Å². The highest BCUT2D eigenvalue weighted by Gasteiger charge is 2.00. The Balaban J connectivity index is 3.10. The summed E-state index contributed by atoms with van der Waals surface area (Å²) in [6.07, 6.45) is 6.46. The number of nitrogens with one attached hydrogen (secondary N) is 1. The number of rotatable bonds is 10. The fraction of sp³-hybridized carbons (Fsp3) is 0.917. The highest BCUT2D eigenvalue weighted by Crippen LogP contribution is 2.02. The minimum atomic E-state index is -0.0774. The third kappa shape index (κ3) is 11.4. The molecule has 0 aromatic rings. The van der Waals surface area contributed by atoms with Gasteiger partial charge in [-0.1, -0.05) is 39.5 Å². The van der Waals surface area contributed by atoms with Gasteiger partial charge in [-0.2, -0.15) is 0 Å². The van der Waals surface area contributed by atoms with Crippen LogP contribution in [-0.4, -0.2) is 25.7 Å². The van der Waals surface area contributed by atoms with Crippen LogP contribution in [-0.2, 0) is 9.53 Å². The van der Waals surface area contributed by atoms with Crippen LogP contribution in [0, 0.1) is 0 Å². The first-order valence-electron chi connectivity index (χ1n) is 6.17. The van der Waals surface area contributed by atoms with Crippen molar-refractivity contribution in [2.24, 2.45) is 0 Å². The minimum Gasteiger partial charge on any atom is -0.466 e. The van der Waals surface area contributed by atoms with Crippen LogP contribution in [0.15, 0.2) is 0 Å². The largest absolute Gasteiger partial charge is 0.466 e. The maximum atomic E-state index is 11.1. The van der Waals surface area contributed by atoms with E-state index in [4.69, 9.17) is 4.74 Å². The Labute approximate surface area is 93.6 Å². The first-order chi connectivity index (χ1) is 7.31. The molecule has 0 atom stereocenters. The molecule has 0 aromatic carbocycles. The summed E-state index contributed by atoms with van der Waals surface area (Å²) >= 11 is 0. The van der Waals surface area contributed by atoms with Gasteiger partial charge in [0, 0.05) is 6.54 Å². The summed E-state index contributed by atoms with van der Waals surface area (Å²) in [6, 6.07) is 0. The molecule has 0 aromatic heterocycles. The molecule has 1 N–H and O–H groups in total. The van der Waals surface area contributed by atoms with Gasteiger partial charge < -0.3 is 10.1 Å². The second-order valence-electron chi connectivity index (χ2n) is 3.74. The summed E-state index contributed by atoms with van der Waals surface area (Å²) < 4.78 is 5.09. The topological polar surface area (TPSA) is 38.3 Å². The standard InChI is InChI=1S/C12H25NO2/c1-3-5-6-7-8-11-15-12(14)9-10-13-4-2/h13H,3-11H2,1-2H3. The van der Waals surface area contributed by atoms with E-state index in [0.29, 0.717) is 13.0 Å². The van der Waals surface area contributed by atoms with Crippen LogP contribution in [0.4, 0.5) is 0 Å². The summed E-state index contributed by atoms with van der Waals surface area (Å²) in [5.74, 6) is -0.0774. The predicted molar refractivity (Wildman–Crippen MR) is 62.9 cm³/mol. The van der Waals surface area contributed by atoms with Crippen molar-refractivity contribution in [1.29, 1.82) is 0 Å². The van der Waals surface area contributed by atoms with Gasteiger partial charge in [0.1, 0.15) is 0 Å². The maximum absolute atomic E-state index is 11.1. The second kappa shape index (κ2) is 11.5. The summed E-state index contributed by atoms with van der Waals surface area (Å²) in [5.41, 5.74) is 0. The molecule has 90 valence electrons. The predicted octanol–water partition coefficient (Wildman–Crippen LogP) is 2.50. The van der Waals surface area contributed by atoms with E-state index in [1.54, 1.807) is 0 Å². The van der Waals surface area contributed by atoms with Gasteiger partial charge >= 0.3 is 5.97 Å². The fourth-order valence-electron chi connectivity index (χ4n) is 1.33. The lowest BCUT2D eigenvalue weighted by atomic mass is 10.2. The number of hydrogen-bond acceptors (Lipinski definition) is 3. The summed E-state index contributed by atoms with van der Waals surface area (Å²) in [5, 5.41) is 3.10. The van der Waals surface area contributed by atoms with E-state index in [1.165, 1.54) is 25.7 Å². The Morgan fingerprint density at radius 3 is 2.53 bits per heavy atom. The highest BCUT2D eigenvalue weighted by atomic mass is 16.5. The lowest BCUT2D eigenvalue weighted by Gasteiger charge is -2.04. The van der Waals surface area contributed by atoms with Crippen molar-refractivity contribution in [3.8, 4) is 0 Å². The van der Waals surface area contributed by atoms with Gasteiger partial charge in [0.15, 0.2) is 0 Å². The molecule has 3 heteroatoms. The van der Waals surface area contributed by atoms with Crippen LogP contribution in [0.1, 0.15) is 52.4 Å². The average molecular weight is 215 g/mol. The molecule has 0 heterocycles. The van der Waals surface area contributed by atoms with Gasteiger partial charge in [0.25, 0.3) is 0 Å². The molecule has 0 spiro atoms. The number of carbonyl (C=O) groups excluding carboxylic acids is 1. The van der Waals surface area contributed by atoms with E-state index < -0.39 is 0 Å². The molecule has 0 bridgehead atoms. The van der Waals surface area contributed by atoms with Gasteiger partial charge in [0.05, 0.1) is 13.0 Å². The smallest absolute Gasteiger partial charge is 0.307 e. The Morgan fingerprint density at radius 2 is 1.87 bits per heavy atom. The maximum Gasteiger partial charge on any atom is 0.307 e. The molecule has 0 amide bonds. The molecule has 0 radical (unpaired) electrons. The summed E-state index contributed by atoms with van der Waals surface area (Å²) in [6.45, 7) is 6.45. The lowest BCUT2D eigenvalue weighted by molar-refractivity contribution is -0.143. The van der Waals surface area contributed by atoms with Crippen LogP contribution in [0.25, 0.3) is 0 Å². The van der Waals surface area contributed by atoms with E-state index in [1.807, 2.05) is 6.92 Å². The van der Waals surface area contributed by atoms with Crippen molar-refractivity contribution >= 4 is 5.97 Å². The zero-order valence-corrected chi connectivity index (χ0v) is 10.2. The Bertz CT molecular complexity index is 149. The first-order valence-corrected chi connectivity index (χ1v) is 6.17. The summed E-state index contributed by atoms with van der Waals surface area (Å²) in [7, 11) is 0. The number of carbonyl (C=O) groups is 1. The van der Waals surface area contributed by atoms with Crippen molar-refractivity contribution in [3.63, 3.8) is 0 Å². The number of hydrogen-bond donors (Lipinski definition) is 1. The minimum absolute atomic E-state index is 0.0774. The molecule has 0 aliphatic rings. The molecule has 0 unspecified atom stereocenters. The lowest BCUT2D eigenvalue weighted by Crippen LogP contribution is -2.18. The van der Waals surface area contributed by atoms with Gasteiger partial charge in [-0.25, -0.2) is 0 Å². The molecule has 0 rings (SSSR count). The molecule has 0 fully saturated rings. The average Bonchev–Trinajstić information content (AvgIpc) is 2.23. The molecule has 0 aliphatic carbocycles. The van der Waals surface area contributed by atoms with Crippen molar-refractivity contribution < 1.29 is 9.53 Å². The number of ether oxygens (including phenoxy) is 1. The molecule has 0 aliphatic heterocycles. The number of unbranched alkanes of at least 4 members (excludes halogenated alkanes) is 4. The molecule has 3 nitrogen and oxygen atoms in total. The van der Waals surface area contributed by atoms with Gasteiger partial charge in [0.2, 0.25) is 0 Å². The van der Waals surface area contributed by atoms with Gasteiger partial charge in [-0.05, 0) is 13.0 Å². The van der Waals surface area contributed by atoms with Gasteiger partial charge in [-0.3, -0.25) is 4.79 Å². The van der Waals surface area contributed by atoms with Crippen LogP contribution in [0.2, 0.25) is 0 Å². The molecular formula is C12H25NO2. The third-order valence-electron chi connectivity index (χ3n) is 2.27. The van der Waals surface area contributed by atoms with E-state index in [2.05, 4.69) is 12.2 Å². The van der Waals surface area contributed by atoms with Crippen LogP contribution in [0.3, 0.4) is 0 Å². The quantitative estimate of drug-likeness (QED) is 0.449. The van der Waals surface area contributed by atoms with E-state index >= 15 is 0 Å². The molecule has 15 heavy (non-hydrogen) atoms. The Hall–Kier alpha value is -0.570. The molecule has 0 saturated heterocycles. The van der Waals surface area contributed by atoms with Crippen molar-refractivity contribution in [2.45, 2.75) is 52.4 Å². The Kier molecular flexibility index (Phi) is 11.1. The fourth-order valence-corrected chi connectivity index (χ4v) is 1.33. The third-order valence-corrected chi connectivity index (χ3v) is 2.27. The van der Waals surface area contributed by atoms with Crippen LogP contribution in [0.5, 0.6) is 0 Å². The summed E-state index contributed by atoms with van der Waals surface area (Å²) in [4.78, 5) is 11.1. The van der Waals surface area contributed by atoms with E-state index in [0.717, 1.165) is 19.5 Å². The van der Waals surface area contributed by atoms with Gasteiger partial charge in [-0.15, -0.1) is 0 Å². The molecular weight excluding hydrogens is 190 g/mol. The highest BCUT2D eigenvalue weighted by molar-refractivity contribution is 5.69. The van der Waals surface area contributed by atoms with Crippen molar-refractivity contribution in [2.75, 3.05) is 19.7 Å². The zero-order valence-electron chi connectivity index (χ0n) is 10.2. The van der Waals surface area contributed by atoms with Crippen molar-refractivity contribution in [3.05, 3.63) is 0 Å². The van der Waals surface area contributed by atoms with E-state index in [9.17, 15) is 4.79 Å². The van der Waals surface area contributed by atoms with Crippen LogP contribution >= 0.6 is 0 Å². The van der Waals surface area contributed by atoms with E-state index in [-0.39, 0.29) is 5.97 Å². The van der Waals surface area contributed by atoms with Crippen molar-refractivity contribution in [1.82, 2.24) is 5.32 Å². The first kappa shape index (κ1) is 14.4. The second-order valence-corrected chi connectivity index (χ2v) is 3.74. The normalized spacial score (nSPS) is 10.3. The zero-order chi connectivity index (χ0) is 11.4. The Morgan fingerprint density at radius 1 is 1.13 bits per heavy atom. The molecule has 0 saturated carbocycles. The SMILES string of the molecule is CCCCCCCOC(=O)CCNCC. The monoisotopic (exact) mass is 215 g/mol. The number of esters is 1.